The van der Waals surface area contributed by atoms with Gasteiger partial charge in [0.2, 0.25) is 0 Å². The molecule has 0 aromatic heterocycles. The van der Waals surface area contributed by atoms with Crippen LogP contribution in [-0.4, -0.2) is 31.3 Å². The van der Waals surface area contributed by atoms with Crippen molar-refractivity contribution in [2.45, 2.75) is 39.7 Å². The number of hydrogen-bond donors (Lipinski definition) is 2. The number of aliphatic hydroxyl groups excluding tert-OH is 1. The Kier molecular flexibility index (Phi) is 5.86. The lowest BCUT2D eigenvalue weighted by Crippen LogP contribution is -2.35. The maximum Gasteiger partial charge on any atom is 0.0460 e. The highest BCUT2D eigenvalue weighted by Gasteiger charge is 2.20. The van der Waals surface area contributed by atoms with Crippen LogP contribution in [0.3, 0.4) is 0 Å². The molecular formula is C17H28N2O. The molecule has 1 heterocycles. The molecule has 1 aromatic carbocycles. The van der Waals surface area contributed by atoms with Crippen LogP contribution in [0.5, 0.6) is 0 Å². The lowest BCUT2D eigenvalue weighted by molar-refractivity contribution is 0.203. The molecule has 0 radical (unpaired) electrons. The first kappa shape index (κ1) is 15.3. The third-order valence-electron chi connectivity index (χ3n) is 4.19. The van der Waals surface area contributed by atoms with Crippen molar-refractivity contribution in [3.63, 3.8) is 0 Å². The topological polar surface area (TPSA) is 35.5 Å². The van der Waals surface area contributed by atoms with E-state index in [1.54, 1.807) is 0 Å². The average molecular weight is 276 g/mol. The molecule has 0 saturated carbocycles. The SMILES string of the molecule is CCCNCc1cc(C)ccc1N1CCC(CO)CC1. The fraction of sp³-hybridized carbons (Fsp3) is 0.647. The van der Waals surface area contributed by atoms with Gasteiger partial charge < -0.3 is 15.3 Å². The number of piperidine rings is 1. The van der Waals surface area contributed by atoms with Crippen LogP contribution >= 0.6 is 0 Å². The number of rotatable bonds is 6. The number of aliphatic hydroxyl groups is 1. The Morgan fingerprint density at radius 3 is 2.70 bits per heavy atom. The van der Waals surface area contributed by atoms with Gasteiger partial charge in [0.25, 0.3) is 0 Å². The molecule has 0 spiro atoms. The van der Waals surface area contributed by atoms with E-state index in [9.17, 15) is 5.11 Å². The van der Waals surface area contributed by atoms with Gasteiger partial charge in [-0.05, 0) is 50.3 Å². The van der Waals surface area contributed by atoms with E-state index < -0.39 is 0 Å². The third-order valence-corrected chi connectivity index (χ3v) is 4.19. The molecule has 1 fully saturated rings. The maximum absolute atomic E-state index is 9.25. The van der Waals surface area contributed by atoms with Crippen molar-refractivity contribution < 1.29 is 5.11 Å². The highest BCUT2D eigenvalue weighted by Crippen LogP contribution is 2.27. The summed E-state index contributed by atoms with van der Waals surface area (Å²) in [7, 11) is 0. The normalized spacial score (nSPS) is 16.6. The van der Waals surface area contributed by atoms with Gasteiger partial charge in [0.05, 0.1) is 0 Å². The van der Waals surface area contributed by atoms with Gasteiger partial charge in [0, 0.05) is 31.9 Å². The van der Waals surface area contributed by atoms with E-state index >= 15 is 0 Å². The van der Waals surface area contributed by atoms with E-state index in [-0.39, 0.29) is 0 Å². The molecule has 1 aliphatic heterocycles. The summed E-state index contributed by atoms with van der Waals surface area (Å²) >= 11 is 0. The second-order valence-electron chi connectivity index (χ2n) is 5.92. The van der Waals surface area contributed by atoms with Gasteiger partial charge in [-0.2, -0.15) is 0 Å². The summed E-state index contributed by atoms with van der Waals surface area (Å²) in [5, 5.41) is 12.8. The molecule has 3 heteroatoms. The molecule has 112 valence electrons. The van der Waals surface area contributed by atoms with Crippen molar-refractivity contribution in [2.24, 2.45) is 5.92 Å². The Labute approximate surface area is 123 Å². The van der Waals surface area contributed by atoms with Crippen molar-refractivity contribution in [1.82, 2.24) is 5.32 Å². The van der Waals surface area contributed by atoms with Gasteiger partial charge in [-0.25, -0.2) is 0 Å². The van der Waals surface area contributed by atoms with E-state index in [4.69, 9.17) is 0 Å². The van der Waals surface area contributed by atoms with Crippen molar-refractivity contribution in [3.8, 4) is 0 Å². The quantitative estimate of drug-likeness (QED) is 0.784. The lowest BCUT2D eigenvalue weighted by Gasteiger charge is -2.34. The van der Waals surface area contributed by atoms with Crippen LogP contribution in [0.1, 0.15) is 37.3 Å². The minimum absolute atomic E-state index is 0.340. The molecule has 2 N–H and O–H groups in total. The zero-order valence-electron chi connectivity index (χ0n) is 12.9. The van der Waals surface area contributed by atoms with Crippen molar-refractivity contribution in [2.75, 3.05) is 31.1 Å². The Bertz CT molecular complexity index is 411. The van der Waals surface area contributed by atoms with Gasteiger partial charge in [-0.15, -0.1) is 0 Å². The van der Waals surface area contributed by atoms with Gasteiger partial charge >= 0.3 is 0 Å². The summed E-state index contributed by atoms with van der Waals surface area (Å²) in [5.41, 5.74) is 4.10. The lowest BCUT2D eigenvalue weighted by atomic mass is 9.96. The van der Waals surface area contributed by atoms with Gasteiger partial charge in [-0.1, -0.05) is 24.6 Å². The Balaban J connectivity index is 2.06. The predicted molar refractivity (Wildman–Crippen MR) is 85.2 cm³/mol. The molecule has 0 atom stereocenters. The second-order valence-corrected chi connectivity index (χ2v) is 5.92. The predicted octanol–water partition coefficient (Wildman–Crippen LogP) is 2.70. The maximum atomic E-state index is 9.25. The van der Waals surface area contributed by atoms with E-state index in [2.05, 4.69) is 42.3 Å². The summed E-state index contributed by atoms with van der Waals surface area (Å²) in [6, 6.07) is 6.77. The molecule has 0 amide bonds. The molecule has 0 bridgehead atoms. The zero-order chi connectivity index (χ0) is 14.4. The van der Waals surface area contributed by atoms with Gasteiger partial charge in [-0.3, -0.25) is 0 Å². The summed E-state index contributed by atoms with van der Waals surface area (Å²) in [6.45, 7) is 8.84. The van der Waals surface area contributed by atoms with Crippen LogP contribution < -0.4 is 10.2 Å². The smallest absolute Gasteiger partial charge is 0.0460 e. The van der Waals surface area contributed by atoms with Crippen LogP contribution in [0, 0.1) is 12.8 Å². The molecule has 1 aliphatic rings. The summed E-state index contributed by atoms with van der Waals surface area (Å²) in [6.07, 6.45) is 3.38. The Morgan fingerprint density at radius 2 is 2.05 bits per heavy atom. The van der Waals surface area contributed by atoms with E-state index in [1.807, 2.05) is 0 Å². The molecular weight excluding hydrogens is 248 g/mol. The molecule has 0 aliphatic carbocycles. The van der Waals surface area contributed by atoms with Gasteiger partial charge in [0.1, 0.15) is 0 Å². The van der Waals surface area contributed by atoms with E-state index in [1.165, 1.54) is 23.2 Å². The van der Waals surface area contributed by atoms with Crippen molar-refractivity contribution >= 4 is 5.69 Å². The monoisotopic (exact) mass is 276 g/mol. The first-order valence-corrected chi connectivity index (χ1v) is 7.90. The van der Waals surface area contributed by atoms with E-state index in [0.717, 1.165) is 39.0 Å². The fourth-order valence-electron chi connectivity index (χ4n) is 2.92. The van der Waals surface area contributed by atoms with Crippen LogP contribution in [-0.2, 0) is 6.54 Å². The number of benzene rings is 1. The highest BCUT2D eigenvalue weighted by atomic mass is 16.3. The summed E-state index contributed by atoms with van der Waals surface area (Å²) < 4.78 is 0. The first-order valence-electron chi connectivity index (χ1n) is 7.90. The van der Waals surface area contributed by atoms with Crippen molar-refractivity contribution in [1.29, 1.82) is 0 Å². The third kappa shape index (κ3) is 3.97. The molecule has 1 saturated heterocycles. The molecule has 1 aromatic rings. The number of nitrogens with zero attached hydrogens (tertiary/aromatic N) is 1. The number of nitrogens with one attached hydrogen (secondary N) is 1. The van der Waals surface area contributed by atoms with Crippen LogP contribution in [0.2, 0.25) is 0 Å². The van der Waals surface area contributed by atoms with Crippen LogP contribution in [0.15, 0.2) is 18.2 Å². The number of anilines is 1. The standard InChI is InChI=1S/C17H28N2O/c1-3-8-18-12-16-11-14(2)4-5-17(16)19-9-6-15(13-20)7-10-19/h4-5,11,15,18,20H,3,6-10,12-13H2,1-2H3. The number of hydrogen-bond acceptors (Lipinski definition) is 3. The summed E-state index contributed by atoms with van der Waals surface area (Å²) in [5.74, 6) is 0.498. The second kappa shape index (κ2) is 7.65. The van der Waals surface area contributed by atoms with E-state index in [0.29, 0.717) is 12.5 Å². The summed E-state index contributed by atoms with van der Waals surface area (Å²) in [4.78, 5) is 2.48. The molecule has 0 unspecified atom stereocenters. The molecule has 20 heavy (non-hydrogen) atoms. The van der Waals surface area contributed by atoms with Crippen LogP contribution in [0.4, 0.5) is 5.69 Å². The zero-order valence-corrected chi connectivity index (χ0v) is 12.9. The minimum Gasteiger partial charge on any atom is -0.396 e. The minimum atomic E-state index is 0.340. The first-order chi connectivity index (χ1) is 9.74. The number of aryl methyl sites for hydroxylation is 1. The van der Waals surface area contributed by atoms with Crippen molar-refractivity contribution in [3.05, 3.63) is 29.3 Å². The Hall–Kier alpha value is -1.06. The molecule has 3 nitrogen and oxygen atoms in total. The Morgan fingerprint density at radius 1 is 1.30 bits per heavy atom. The molecule has 2 rings (SSSR count). The van der Waals surface area contributed by atoms with Crippen LogP contribution in [0.25, 0.3) is 0 Å². The highest BCUT2D eigenvalue weighted by molar-refractivity contribution is 5.55. The largest absolute Gasteiger partial charge is 0.396 e. The average Bonchev–Trinajstić information content (AvgIpc) is 2.48. The fourth-order valence-corrected chi connectivity index (χ4v) is 2.92. The van der Waals surface area contributed by atoms with Gasteiger partial charge in [0.15, 0.2) is 0 Å².